The Kier molecular flexibility index (Phi) is 8.84. The van der Waals surface area contributed by atoms with Crippen LogP contribution >= 0.6 is 23.8 Å². The van der Waals surface area contributed by atoms with Crippen LogP contribution in [0, 0.1) is 0 Å². The molecule has 1 aliphatic heterocycles. The molecule has 3 rings (SSSR count). The quantitative estimate of drug-likeness (QED) is 0.482. The van der Waals surface area contributed by atoms with Crippen LogP contribution in [0.25, 0.3) is 0 Å². The van der Waals surface area contributed by atoms with Crippen LogP contribution in [0.3, 0.4) is 0 Å². The van der Waals surface area contributed by atoms with Crippen molar-refractivity contribution in [2.75, 3.05) is 29.9 Å². The van der Waals surface area contributed by atoms with Crippen LogP contribution in [0.1, 0.15) is 26.7 Å². The molecule has 1 fully saturated rings. The number of benzene rings is 2. The monoisotopic (exact) mass is 502 g/mol. The van der Waals surface area contributed by atoms with E-state index in [-0.39, 0.29) is 42.3 Å². The summed E-state index contributed by atoms with van der Waals surface area (Å²) < 4.78 is 5.56. The normalized spacial score (nSPS) is 15.4. The molecule has 0 bridgehead atoms. The number of anilines is 2. The van der Waals surface area contributed by atoms with E-state index in [1.54, 1.807) is 53.4 Å². The van der Waals surface area contributed by atoms with Crippen molar-refractivity contribution in [2.24, 2.45) is 0 Å². The molecule has 1 saturated heterocycles. The molecule has 8 nitrogen and oxygen atoms in total. The Morgan fingerprint density at radius 2 is 1.79 bits per heavy atom. The van der Waals surface area contributed by atoms with Gasteiger partial charge in [0.2, 0.25) is 11.8 Å². The van der Waals surface area contributed by atoms with Crippen LogP contribution in [0.15, 0.2) is 48.5 Å². The molecule has 3 amide bonds. The van der Waals surface area contributed by atoms with Gasteiger partial charge in [-0.2, -0.15) is 0 Å². The van der Waals surface area contributed by atoms with E-state index in [1.165, 1.54) is 11.8 Å². The molecule has 0 unspecified atom stereocenters. The molecule has 0 radical (unpaired) electrons. The van der Waals surface area contributed by atoms with Crippen molar-refractivity contribution in [3.05, 3.63) is 53.6 Å². The van der Waals surface area contributed by atoms with Gasteiger partial charge < -0.3 is 20.3 Å². The fourth-order valence-electron chi connectivity index (χ4n) is 3.51. The summed E-state index contributed by atoms with van der Waals surface area (Å²) in [5.41, 5.74) is 1.16. The highest BCUT2D eigenvalue weighted by Gasteiger charge is 2.43. The van der Waals surface area contributed by atoms with Crippen molar-refractivity contribution in [2.45, 2.75) is 32.7 Å². The van der Waals surface area contributed by atoms with Gasteiger partial charge in [-0.25, -0.2) is 0 Å². The zero-order valence-corrected chi connectivity index (χ0v) is 20.6. The first-order valence-electron chi connectivity index (χ1n) is 11.0. The molecule has 180 valence electrons. The second-order valence-corrected chi connectivity index (χ2v) is 8.55. The van der Waals surface area contributed by atoms with E-state index in [2.05, 4.69) is 10.6 Å². The van der Waals surface area contributed by atoms with E-state index in [0.29, 0.717) is 23.0 Å². The fraction of sp³-hybridized carbons (Fsp3) is 0.333. The zero-order valence-electron chi connectivity index (χ0n) is 19.0. The molecule has 0 saturated carbocycles. The van der Waals surface area contributed by atoms with Crippen molar-refractivity contribution < 1.29 is 19.1 Å². The fourth-order valence-corrected chi connectivity index (χ4v) is 4.05. The number of nitrogens with one attached hydrogen (secondary N) is 2. The van der Waals surface area contributed by atoms with Crippen LogP contribution in [-0.4, -0.2) is 53.5 Å². The second-order valence-electron chi connectivity index (χ2n) is 7.75. The predicted octanol–water partition coefficient (Wildman–Crippen LogP) is 3.60. The lowest BCUT2D eigenvalue weighted by atomic mass is 10.1. The smallest absolute Gasteiger partial charge is 0.256 e. The van der Waals surface area contributed by atoms with Gasteiger partial charge in [-0.3, -0.25) is 19.3 Å². The standard InChI is InChI=1S/C24H27ClN4O4S/c1-3-14-33-20-10-6-18(7-11-20)27-22(31)15-21-23(32)29(19-8-4-17(25)5-9-19)24(34)28(21)13-12-26-16(2)30/h4-11,21H,3,12-15H2,1-2H3,(H,26,30)(H,27,31)/t21-/m1/s1. The number of carbonyl (C=O) groups is 3. The first-order chi connectivity index (χ1) is 16.3. The summed E-state index contributed by atoms with van der Waals surface area (Å²) in [5, 5.41) is 6.33. The Labute approximate surface area is 209 Å². The number of rotatable bonds is 10. The first kappa shape index (κ1) is 25.5. The molecule has 2 N–H and O–H groups in total. The lowest BCUT2D eigenvalue weighted by molar-refractivity contribution is -0.124. The largest absolute Gasteiger partial charge is 0.494 e. The van der Waals surface area contributed by atoms with Gasteiger partial charge in [-0.15, -0.1) is 0 Å². The SMILES string of the molecule is CCCOc1ccc(NC(=O)C[C@@H]2C(=O)N(c3ccc(Cl)cc3)C(=S)N2CCNC(C)=O)cc1. The molecule has 0 aliphatic carbocycles. The van der Waals surface area contributed by atoms with Crippen molar-refractivity contribution >= 4 is 58.0 Å². The third-order valence-electron chi connectivity index (χ3n) is 5.12. The van der Waals surface area contributed by atoms with Crippen LogP contribution < -0.4 is 20.3 Å². The van der Waals surface area contributed by atoms with Gasteiger partial charge in [0.25, 0.3) is 5.91 Å². The van der Waals surface area contributed by atoms with Gasteiger partial charge >= 0.3 is 0 Å². The molecule has 0 aromatic heterocycles. The van der Waals surface area contributed by atoms with Crippen molar-refractivity contribution in [3.8, 4) is 5.75 Å². The third kappa shape index (κ3) is 6.45. The van der Waals surface area contributed by atoms with E-state index in [9.17, 15) is 14.4 Å². The number of hydrogen-bond donors (Lipinski definition) is 2. The number of ether oxygens (including phenoxy) is 1. The van der Waals surface area contributed by atoms with E-state index < -0.39 is 6.04 Å². The van der Waals surface area contributed by atoms with Gasteiger partial charge in [-0.05, 0) is 67.2 Å². The van der Waals surface area contributed by atoms with Gasteiger partial charge in [0.05, 0.1) is 18.7 Å². The van der Waals surface area contributed by atoms with Gasteiger partial charge in [0.15, 0.2) is 5.11 Å². The lowest BCUT2D eigenvalue weighted by Crippen LogP contribution is -2.42. The Balaban J connectivity index is 1.73. The number of halogens is 1. The van der Waals surface area contributed by atoms with E-state index in [1.807, 2.05) is 6.92 Å². The molecule has 2 aromatic carbocycles. The van der Waals surface area contributed by atoms with E-state index >= 15 is 0 Å². The highest BCUT2D eigenvalue weighted by Crippen LogP contribution is 2.28. The lowest BCUT2D eigenvalue weighted by Gasteiger charge is -2.24. The maximum Gasteiger partial charge on any atom is 0.256 e. The predicted molar refractivity (Wildman–Crippen MR) is 136 cm³/mol. The molecule has 0 spiro atoms. The van der Waals surface area contributed by atoms with Crippen LogP contribution in [-0.2, 0) is 14.4 Å². The van der Waals surface area contributed by atoms with Gasteiger partial charge in [-0.1, -0.05) is 18.5 Å². The Morgan fingerprint density at radius 1 is 1.12 bits per heavy atom. The number of amides is 3. The highest BCUT2D eigenvalue weighted by atomic mass is 35.5. The van der Waals surface area contributed by atoms with E-state index in [4.69, 9.17) is 28.6 Å². The van der Waals surface area contributed by atoms with Crippen LogP contribution in [0.5, 0.6) is 5.75 Å². The summed E-state index contributed by atoms with van der Waals surface area (Å²) >= 11 is 11.6. The van der Waals surface area contributed by atoms with E-state index in [0.717, 1.165) is 12.2 Å². The van der Waals surface area contributed by atoms with Crippen molar-refractivity contribution in [3.63, 3.8) is 0 Å². The molecular weight excluding hydrogens is 476 g/mol. The highest BCUT2D eigenvalue weighted by molar-refractivity contribution is 7.80. The summed E-state index contributed by atoms with van der Waals surface area (Å²) in [6, 6.07) is 13.0. The summed E-state index contributed by atoms with van der Waals surface area (Å²) in [6.07, 6.45) is 0.804. The molecule has 1 aliphatic rings. The minimum absolute atomic E-state index is 0.1000. The minimum atomic E-state index is -0.802. The molecule has 34 heavy (non-hydrogen) atoms. The van der Waals surface area contributed by atoms with Crippen LogP contribution in [0.2, 0.25) is 5.02 Å². The van der Waals surface area contributed by atoms with Crippen molar-refractivity contribution in [1.29, 1.82) is 0 Å². The molecule has 1 atom stereocenters. The zero-order chi connectivity index (χ0) is 24.7. The third-order valence-corrected chi connectivity index (χ3v) is 5.79. The Hall–Kier alpha value is -3.17. The average molecular weight is 503 g/mol. The number of thiocarbonyl (C=S) groups is 1. The average Bonchev–Trinajstić information content (AvgIpc) is 3.03. The number of nitrogens with zero attached hydrogens (tertiary/aromatic N) is 2. The number of hydrogen-bond acceptors (Lipinski definition) is 5. The topological polar surface area (TPSA) is 91.0 Å². The van der Waals surface area contributed by atoms with Gasteiger partial charge in [0, 0.05) is 30.7 Å². The molecule has 1 heterocycles. The summed E-state index contributed by atoms with van der Waals surface area (Å²) in [6.45, 7) is 4.63. The van der Waals surface area contributed by atoms with Crippen LogP contribution in [0.4, 0.5) is 11.4 Å². The molecule has 10 heteroatoms. The molecule has 2 aromatic rings. The maximum atomic E-state index is 13.3. The first-order valence-corrected chi connectivity index (χ1v) is 11.8. The number of carbonyl (C=O) groups excluding carboxylic acids is 3. The minimum Gasteiger partial charge on any atom is -0.494 e. The molecular formula is C24H27ClN4O4S. The second kappa shape index (κ2) is 11.8. The van der Waals surface area contributed by atoms with Crippen molar-refractivity contribution in [1.82, 2.24) is 10.2 Å². The Bertz CT molecular complexity index is 1050. The maximum absolute atomic E-state index is 13.3. The van der Waals surface area contributed by atoms with Gasteiger partial charge in [0.1, 0.15) is 11.8 Å². The Morgan fingerprint density at radius 3 is 2.41 bits per heavy atom. The summed E-state index contributed by atoms with van der Waals surface area (Å²) in [7, 11) is 0. The summed E-state index contributed by atoms with van der Waals surface area (Å²) in [4.78, 5) is 40.5. The summed E-state index contributed by atoms with van der Waals surface area (Å²) in [5.74, 6) is -0.106.